The first kappa shape index (κ1) is 17.1. The zero-order chi connectivity index (χ0) is 16.6. The molecule has 1 aromatic heterocycles. The number of nitrogens with one attached hydrogen (secondary N) is 1. The molecule has 1 saturated heterocycles. The first-order chi connectivity index (χ1) is 11.8. The van der Waals surface area contributed by atoms with E-state index in [1.54, 1.807) is 11.8 Å². The van der Waals surface area contributed by atoms with Crippen molar-refractivity contribution in [2.45, 2.75) is 30.7 Å². The molecule has 1 aromatic carbocycles. The topological polar surface area (TPSA) is 48.4 Å². The van der Waals surface area contributed by atoms with Crippen molar-refractivity contribution in [3.63, 3.8) is 0 Å². The summed E-state index contributed by atoms with van der Waals surface area (Å²) >= 11 is 1.78. The van der Waals surface area contributed by atoms with Gasteiger partial charge in [0.2, 0.25) is 0 Å². The van der Waals surface area contributed by atoms with E-state index in [0.717, 1.165) is 43.3 Å². The quantitative estimate of drug-likeness (QED) is 0.564. The highest BCUT2D eigenvalue weighted by molar-refractivity contribution is 7.99. The van der Waals surface area contributed by atoms with Crippen LogP contribution >= 0.6 is 11.8 Å². The summed E-state index contributed by atoms with van der Waals surface area (Å²) in [5.41, 5.74) is 2.31. The van der Waals surface area contributed by atoms with Gasteiger partial charge in [-0.05, 0) is 55.2 Å². The van der Waals surface area contributed by atoms with Crippen LogP contribution in [0.15, 0.2) is 47.5 Å². The van der Waals surface area contributed by atoms with Gasteiger partial charge < -0.3 is 15.3 Å². The Morgan fingerprint density at radius 1 is 1.08 bits per heavy atom. The largest absolute Gasteiger partial charge is 0.396 e. The summed E-state index contributed by atoms with van der Waals surface area (Å²) in [6.07, 6.45) is 5.36. The minimum absolute atomic E-state index is 0.261. The van der Waals surface area contributed by atoms with Gasteiger partial charge in [-0.3, -0.25) is 0 Å². The molecule has 0 unspecified atom stereocenters. The number of hydrogen-bond donors (Lipinski definition) is 2. The van der Waals surface area contributed by atoms with E-state index >= 15 is 0 Å². The number of rotatable bonds is 8. The molecule has 2 aromatic rings. The summed E-state index contributed by atoms with van der Waals surface area (Å²) in [6, 6.07) is 12.7. The summed E-state index contributed by atoms with van der Waals surface area (Å²) in [5.74, 6) is 2.05. The number of benzene rings is 1. The SMILES string of the molecule is OCCCSc1ccc(NCc2ccc(N3CCCC3)nc2)cc1. The van der Waals surface area contributed by atoms with Crippen LogP contribution in [0.3, 0.4) is 0 Å². The van der Waals surface area contributed by atoms with E-state index in [-0.39, 0.29) is 6.61 Å². The molecule has 1 fully saturated rings. The number of aliphatic hydroxyl groups is 1. The van der Waals surface area contributed by atoms with Gasteiger partial charge in [-0.15, -0.1) is 11.8 Å². The van der Waals surface area contributed by atoms with Crippen LogP contribution < -0.4 is 10.2 Å². The van der Waals surface area contributed by atoms with E-state index in [1.165, 1.54) is 23.3 Å². The number of hydrogen-bond acceptors (Lipinski definition) is 5. The molecule has 0 aliphatic carbocycles. The molecule has 24 heavy (non-hydrogen) atoms. The van der Waals surface area contributed by atoms with Gasteiger partial charge in [0, 0.05) is 48.8 Å². The molecule has 0 atom stereocenters. The fraction of sp³-hybridized carbons (Fsp3) is 0.421. The van der Waals surface area contributed by atoms with Crippen molar-refractivity contribution in [3.05, 3.63) is 48.2 Å². The Balaban J connectivity index is 1.48. The highest BCUT2D eigenvalue weighted by Crippen LogP contribution is 2.21. The van der Waals surface area contributed by atoms with E-state index in [0.29, 0.717) is 0 Å². The third-order valence-corrected chi connectivity index (χ3v) is 5.26. The molecule has 128 valence electrons. The van der Waals surface area contributed by atoms with Gasteiger partial charge in [0.05, 0.1) is 0 Å². The highest BCUT2D eigenvalue weighted by atomic mass is 32.2. The maximum Gasteiger partial charge on any atom is 0.128 e. The van der Waals surface area contributed by atoms with Crippen LogP contribution in [0.2, 0.25) is 0 Å². The van der Waals surface area contributed by atoms with Crippen LogP contribution in [0.25, 0.3) is 0 Å². The summed E-state index contributed by atoms with van der Waals surface area (Å²) < 4.78 is 0. The predicted octanol–water partition coefficient (Wildman–Crippen LogP) is 3.77. The van der Waals surface area contributed by atoms with Gasteiger partial charge in [0.25, 0.3) is 0 Å². The maximum atomic E-state index is 8.81. The number of nitrogens with zero attached hydrogens (tertiary/aromatic N) is 2. The second-order valence-electron chi connectivity index (χ2n) is 6.02. The van der Waals surface area contributed by atoms with Gasteiger partial charge in [-0.25, -0.2) is 4.98 Å². The van der Waals surface area contributed by atoms with Crippen molar-refractivity contribution in [2.75, 3.05) is 35.7 Å². The van der Waals surface area contributed by atoms with Crippen LogP contribution in [-0.2, 0) is 6.54 Å². The molecule has 0 amide bonds. The van der Waals surface area contributed by atoms with Gasteiger partial charge in [0.1, 0.15) is 5.82 Å². The second-order valence-corrected chi connectivity index (χ2v) is 7.19. The van der Waals surface area contributed by atoms with Crippen LogP contribution in [0.1, 0.15) is 24.8 Å². The molecule has 1 aliphatic heterocycles. The lowest BCUT2D eigenvalue weighted by Crippen LogP contribution is -2.18. The van der Waals surface area contributed by atoms with E-state index in [9.17, 15) is 0 Å². The van der Waals surface area contributed by atoms with Crippen molar-refractivity contribution in [1.29, 1.82) is 0 Å². The molecule has 5 heteroatoms. The molecule has 3 rings (SSSR count). The molecule has 0 bridgehead atoms. The van der Waals surface area contributed by atoms with E-state index in [4.69, 9.17) is 5.11 Å². The van der Waals surface area contributed by atoms with Crippen LogP contribution in [0.4, 0.5) is 11.5 Å². The minimum atomic E-state index is 0.261. The van der Waals surface area contributed by atoms with Gasteiger partial charge in [0.15, 0.2) is 0 Å². The second kappa shape index (κ2) is 8.94. The fourth-order valence-corrected chi connectivity index (χ4v) is 3.62. The standard InChI is InChI=1S/C19H25N3OS/c23-12-3-13-24-18-7-5-17(6-8-18)20-14-16-4-9-19(21-15-16)22-10-1-2-11-22/h4-9,15,20,23H,1-3,10-14H2. The van der Waals surface area contributed by atoms with Crippen LogP contribution in [-0.4, -0.2) is 35.5 Å². The summed E-state index contributed by atoms with van der Waals surface area (Å²) in [6.45, 7) is 3.31. The van der Waals surface area contributed by atoms with Gasteiger partial charge in [-0.1, -0.05) is 6.07 Å². The van der Waals surface area contributed by atoms with E-state index < -0.39 is 0 Å². The zero-order valence-corrected chi connectivity index (χ0v) is 14.8. The summed E-state index contributed by atoms with van der Waals surface area (Å²) in [7, 11) is 0. The predicted molar refractivity (Wildman–Crippen MR) is 102 cm³/mol. The Morgan fingerprint density at radius 2 is 1.88 bits per heavy atom. The lowest BCUT2D eigenvalue weighted by molar-refractivity contribution is 0.296. The van der Waals surface area contributed by atoms with Gasteiger partial charge >= 0.3 is 0 Å². The third-order valence-electron chi connectivity index (χ3n) is 4.16. The van der Waals surface area contributed by atoms with Crippen molar-refractivity contribution in [3.8, 4) is 0 Å². The first-order valence-electron chi connectivity index (χ1n) is 8.62. The molecule has 2 heterocycles. The number of aliphatic hydroxyl groups excluding tert-OH is 1. The number of aromatic nitrogens is 1. The summed E-state index contributed by atoms with van der Waals surface area (Å²) in [4.78, 5) is 8.18. The molecular formula is C19H25N3OS. The average Bonchev–Trinajstić information content (AvgIpc) is 3.16. The molecule has 4 nitrogen and oxygen atoms in total. The van der Waals surface area contributed by atoms with Crippen molar-refractivity contribution in [2.24, 2.45) is 0 Å². The molecule has 0 spiro atoms. The average molecular weight is 343 g/mol. The highest BCUT2D eigenvalue weighted by Gasteiger charge is 2.12. The normalized spacial score (nSPS) is 14.1. The monoisotopic (exact) mass is 343 g/mol. The minimum Gasteiger partial charge on any atom is -0.396 e. The Hall–Kier alpha value is -1.72. The Labute approximate surface area is 148 Å². The molecule has 2 N–H and O–H groups in total. The fourth-order valence-electron chi connectivity index (χ4n) is 2.78. The number of thioether (sulfide) groups is 1. The Morgan fingerprint density at radius 3 is 2.54 bits per heavy atom. The zero-order valence-electron chi connectivity index (χ0n) is 13.9. The maximum absolute atomic E-state index is 8.81. The molecular weight excluding hydrogens is 318 g/mol. The molecule has 1 aliphatic rings. The third kappa shape index (κ3) is 4.89. The number of anilines is 2. The molecule has 0 radical (unpaired) electrons. The lowest BCUT2D eigenvalue weighted by Gasteiger charge is -2.16. The first-order valence-corrected chi connectivity index (χ1v) is 9.61. The Bertz CT molecular complexity index is 610. The van der Waals surface area contributed by atoms with Crippen molar-refractivity contribution >= 4 is 23.3 Å². The lowest BCUT2D eigenvalue weighted by atomic mass is 10.2. The molecule has 0 saturated carbocycles. The van der Waals surface area contributed by atoms with Crippen molar-refractivity contribution < 1.29 is 5.11 Å². The number of pyridine rings is 1. The van der Waals surface area contributed by atoms with Crippen LogP contribution in [0, 0.1) is 0 Å². The van der Waals surface area contributed by atoms with E-state index in [2.05, 4.69) is 51.6 Å². The summed E-state index contributed by atoms with van der Waals surface area (Å²) in [5, 5.41) is 12.3. The van der Waals surface area contributed by atoms with Crippen molar-refractivity contribution in [1.82, 2.24) is 4.98 Å². The van der Waals surface area contributed by atoms with E-state index in [1.807, 2.05) is 6.20 Å². The Kier molecular flexibility index (Phi) is 6.38. The van der Waals surface area contributed by atoms with Gasteiger partial charge in [-0.2, -0.15) is 0 Å². The van der Waals surface area contributed by atoms with Crippen LogP contribution in [0.5, 0.6) is 0 Å². The smallest absolute Gasteiger partial charge is 0.128 e.